The molecule has 6 nitrogen and oxygen atoms in total. The Bertz CT molecular complexity index is 654. The maximum absolute atomic E-state index is 11.7. The van der Waals surface area contributed by atoms with Crippen LogP contribution >= 0.6 is 11.6 Å². The Morgan fingerprint density at radius 1 is 1.29 bits per heavy atom. The normalized spacial score (nSPS) is 10.0. The van der Waals surface area contributed by atoms with Gasteiger partial charge in [0.2, 0.25) is 0 Å². The van der Waals surface area contributed by atoms with Crippen LogP contribution in [0, 0.1) is 6.92 Å². The van der Waals surface area contributed by atoms with E-state index in [-0.39, 0.29) is 6.61 Å². The van der Waals surface area contributed by atoms with Crippen molar-refractivity contribution < 1.29 is 18.7 Å². The Morgan fingerprint density at radius 3 is 2.76 bits per heavy atom. The first-order valence-corrected chi connectivity index (χ1v) is 6.45. The summed E-state index contributed by atoms with van der Waals surface area (Å²) in [5.74, 6) is -0.0200. The lowest BCUT2D eigenvalue weighted by molar-refractivity contribution is -0.123. The Labute approximate surface area is 126 Å². The zero-order chi connectivity index (χ0) is 15.2. The molecule has 7 heteroatoms. The van der Waals surface area contributed by atoms with Gasteiger partial charge in [-0.2, -0.15) is 0 Å². The van der Waals surface area contributed by atoms with E-state index in [1.54, 1.807) is 31.2 Å². The van der Waals surface area contributed by atoms with Crippen molar-refractivity contribution in [3.63, 3.8) is 0 Å². The number of nitrogens with one attached hydrogen (secondary N) is 2. The molecule has 2 aromatic rings. The molecule has 0 aliphatic carbocycles. The van der Waals surface area contributed by atoms with Gasteiger partial charge in [-0.1, -0.05) is 17.7 Å². The molecule has 2 rings (SSSR count). The number of carbonyl (C=O) groups excluding carboxylic acids is 2. The summed E-state index contributed by atoms with van der Waals surface area (Å²) < 4.78 is 10.2. The Morgan fingerprint density at radius 2 is 2.10 bits per heavy atom. The van der Waals surface area contributed by atoms with E-state index >= 15 is 0 Å². The lowest BCUT2D eigenvalue weighted by Gasteiger charge is -2.08. The van der Waals surface area contributed by atoms with Gasteiger partial charge in [0.05, 0.1) is 11.8 Å². The molecule has 0 saturated carbocycles. The highest BCUT2D eigenvalue weighted by molar-refractivity contribution is 6.30. The number of rotatable bonds is 4. The second kappa shape index (κ2) is 6.81. The van der Waals surface area contributed by atoms with Gasteiger partial charge >= 0.3 is 0 Å². The zero-order valence-corrected chi connectivity index (χ0v) is 11.9. The van der Waals surface area contributed by atoms with E-state index in [4.69, 9.17) is 20.8 Å². The molecule has 1 aromatic heterocycles. The Kier molecular flexibility index (Phi) is 4.84. The average Bonchev–Trinajstić information content (AvgIpc) is 2.89. The smallest absolute Gasteiger partial charge is 0.276 e. The maximum Gasteiger partial charge on any atom is 0.276 e. The van der Waals surface area contributed by atoms with E-state index < -0.39 is 11.8 Å². The summed E-state index contributed by atoms with van der Waals surface area (Å²) in [5, 5.41) is 0.511. The van der Waals surface area contributed by atoms with Crippen molar-refractivity contribution in [2.45, 2.75) is 6.92 Å². The monoisotopic (exact) mass is 308 g/mol. The minimum atomic E-state index is -0.496. The minimum Gasteiger partial charge on any atom is -0.484 e. The number of furan rings is 1. The minimum absolute atomic E-state index is 0.245. The quantitative estimate of drug-likeness (QED) is 0.847. The molecule has 1 heterocycles. The van der Waals surface area contributed by atoms with Crippen LogP contribution in [0.2, 0.25) is 5.02 Å². The van der Waals surface area contributed by atoms with Crippen molar-refractivity contribution >= 4 is 23.4 Å². The molecule has 0 radical (unpaired) electrons. The molecule has 0 spiro atoms. The lowest BCUT2D eigenvalue weighted by atomic mass is 10.2. The first kappa shape index (κ1) is 14.9. The molecule has 110 valence electrons. The number of hydrogen-bond acceptors (Lipinski definition) is 4. The van der Waals surface area contributed by atoms with Crippen LogP contribution in [0.25, 0.3) is 0 Å². The predicted molar refractivity (Wildman–Crippen MR) is 76.0 cm³/mol. The Hall–Kier alpha value is -2.47. The molecule has 0 atom stereocenters. The maximum atomic E-state index is 11.7. The third kappa shape index (κ3) is 4.25. The number of ether oxygens (including phenoxy) is 1. The van der Waals surface area contributed by atoms with Crippen LogP contribution in [-0.4, -0.2) is 18.4 Å². The standard InChI is InChI=1S/C14H13ClN2O4/c1-9-12(5-6-20-9)14(19)17-16-13(18)8-21-11-4-2-3-10(15)7-11/h2-7H,8H2,1H3,(H,16,18)(H,17,19). The van der Waals surface area contributed by atoms with Crippen LogP contribution in [-0.2, 0) is 4.79 Å². The van der Waals surface area contributed by atoms with Crippen molar-refractivity contribution in [2.75, 3.05) is 6.61 Å². The summed E-state index contributed by atoms with van der Waals surface area (Å²) >= 11 is 5.79. The molecular formula is C14H13ClN2O4. The third-order valence-electron chi connectivity index (χ3n) is 2.58. The van der Waals surface area contributed by atoms with E-state index in [1.807, 2.05) is 0 Å². The van der Waals surface area contributed by atoms with Gasteiger partial charge in [-0.15, -0.1) is 0 Å². The molecule has 2 amide bonds. The molecule has 0 saturated heterocycles. The molecule has 1 aromatic carbocycles. The molecule has 0 unspecified atom stereocenters. The second-order valence-electron chi connectivity index (χ2n) is 4.14. The van der Waals surface area contributed by atoms with Gasteiger partial charge in [-0.05, 0) is 31.2 Å². The van der Waals surface area contributed by atoms with Crippen molar-refractivity contribution in [2.24, 2.45) is 0 Å². The highest BCUT2D eigenvalue weighted by atomic mass is 35.5. The van der Waals surface area contributed by atoms with Gasteiger partial charge in [0, 0.05) is 5.02 Å². The summed E-state index contributed by atoms with van der Waals surface area (Å²) in [6, 6.07) is 8.18. The summed E-state index contributed by atoms with van der Waals surface area (Å²) in [6.07, 6.45) is 1.40. The number of benzene rings is 1. The fourth-order valence-corrected chi connectivity index (χ4v) is 1.74. The summed E-state index contributed by atoms with van der Waals surface area (Å²) in [6.45, 7) is 1.41. The van der Waals surface area contributed by atoms with Crippen LogP contribution in [0.3, 0.4) is 0 Å². The highest BCUT2D eigenvalue weighted by Gasteiger charge is 2.12. The van der Waals surface area contributed by atoms with Gasteiger partial charge in [0.25, 0.3) is 11.8 Å². The van der Waals surface area contributed by atoms with Crippen LogP contribution in [0.1, 0.15) is 16.1 Å². The topological polar surface area (TPSA) is 80.6 Å². The fourth-order valence-electron chi connectivity index (χ4n) is 1.56. The molecule has 0 bridgehead atoms. The first-order chi connectivity index (χ1) is 10.1. The summed E-state index contributed by atoms with van der Waals surface area (Å²) in [4.78, 5) is 23.3. The SMILES string of the molecule is Cc1occc1C(=O)NNC(=O)COc1cccc(Cl)c1. The molecule has 0 aliphatic heterocycles. The van der Waals surface area contributed by atoms with Gasteiger partial charge in [-0.25, -0.2) is 0 Å². The first-order valence-electron chi connectivity index (χ1n) is 6.08. The van der Waals surface area contributed by atoms with E-state index in [0.29, 0.717) is 22.1 Å². The third-order valence-corrected chi connectivity index (χ3v) is 2.82. The van der Waals surface area contributed by atoms with Crippen molar-refractivity contribution in [3.05, 3.63) is 52.9 Å². The predicted octanol–water partition coefficient (Wildman–Crippen LogP) is 2.08. The number of amides is 2. The lowest BCUT2D eigenvalue weighted by Crippen LogP contribution is -2.43. The number of hydrogen-bond donors (Lipinski definition) is 2. The van der Waals surface area contributed by atoms with E-state index in [2.05, 4.69) is 10.9 Å². The molecule has 21 heavy (non-hydrogen) atoms. The van der Waals surface area contributed by atoms with E-state index in [9.17, 15) is 9.59 Å². The van der Waals surface area contributed by atoms with E-state index in [0.717, 1.165) is 0 Å². The molecule has 0 fully saturated rings. The van der Waals surface area contributed by atoms with Crippen molar-refractivity contribution in [3.8, 4) is 5.75 Å². The molecule has 2 N–H and O–H groups in total. The summed E-state index contributed by atoms with van der Waals surface area (Å²) in [7, 11) is 0. The van der Waals surface area contributed by atoms with Crippen LogP contribution < -0.4 is 15.6 Å². The van der Waals surface area contributed by atoms with Gasteiger partial charge in [-0.3, -0.25) is 20.4 Å². The number of halogens is 1. The van der Waals surface area contributed by atoms with Crippen LogP contribution in [0.4, 0.5) is 0 Å². The highest BCUT2D eigenvalue weighted by Crippen LogP contribution is 2.16. The van der Waals surface area contributed by atoms with Crippen molar-refractivity contribution in [1.29, 1.82) is 0 Å². The zero-order valence-electron chi connectivity index (χ0n) is 11.2. The van der Waals surface area contributed by atoms with Gasteiger partial charge in [0.15, 0.2) is 6.61 Å². The Balaban J connectivity index is 1.78. The van der Waals surface area contributed by atoms with E-state index in [1.165, 1.54) is 12.3 Å². The van der Waals surface area contributed by atoms with Crippen LogP contribution in [0.15, 0.2) is 41.0 Å². The van der Waals surface area contributed by atoms with Crippen LogP contribution in [0.5, 0.6) is 5.75 Å². The molecule has 0 aliphatic rings. The largest absolute Gasteiger partial charge is 0.484 e. The number of carbonyl (C=O) groups is 2. The van der Waals surface area contributed by atoms with Gasteiger partial charge in [0.1, 0.15) is 11.5 Å². The number of hydrazine groups is 1. The summed E-state index contributed by atoms with van der Waals surface area (Å²) in [5.41, 5.74) is 4.87. The second-order valence-corrected chi connectivity index (χ2v) is 4.58. The van der Waals surface area contributed by atoms with Crippen molar-refractivity contribution in [1.82, 2.24) is 10.9 Å². The van der Waals surface area contributed by atoms with Gasteiger partial charge < -0.3 is 9.15 Å². The number of aryl methyl sites for hydroxylation is 1. The fraction of sp³-hybridized carbons (Fsp3) is 0.143. The average molecular weight is 309 g/mol. The molecular weight excluding hydrogens is 296 g/mol.